The lowest BCUT2D eigenvalue weighted by molar-refractivity contribution is 0.0949. The predicted molar refractivity (Wildman–Crippen MR) is 70.6 cm³/mol. The Morgan fingerprint density at radius 3 is 2.47 bits per heavy atom. The molecule has 5 heteroatoms. The standard InChI is InChI=1S/C14H14N2O3/c17-9-11-3-1-10(2-4-11)7-16-14(19)12-8-15-6-5-13(12)18/h1-6,8,17H,7,9H2,(H,15,18)(H,16,19). The number of carbonyl (C=O) groups excluding carboxylic acids is 1. The van der Waals surface area contributed by atoms with Crippen molar-refractivity contribution < 1.29 is 9.90 Å². The Labute approximate surface area is 109 Å². The van der Waals surface area contributed by atoms with E-state index in [1.165, 1.54) is 18.5 Å². The summed E-state index contributed by atoms with van der Waals surface area (Å²) in [6, 6.07) is 8.53. The van der Waals surface area contributed by atoms with Gasteiger partial charge in [-0.15, -0.1) is 0 Å². The summed E-state index contributed by atoms with van der Waals surface area (Å²) in [5.74, 6) is -0.409. The van der Waals surface area contributed by atoms with Crippen LogP contribution in [-0.4, -0.2) is 16.0 Å². The Bertz CT molecular complexity index is 617. The normalized spacial score (nSPS) is 10.2. The smallest absolute Gasteiger partial charge is 0.257 e. The zero-order chi connectivity index (χ0) is 13.7. The number of aromatic amines is 1. The molecule has 0 aliphatic carbocycles. The lowest BCUT2D eigenvalue weighted by Gasteiger charge is -2.05. The van der Waals surface area contributed by atoms with Crippen LogP contribution in [0.15, 0.2) is 47.5 Å². The maximum absolute atomic E-state index is 11.8. The predicted octanol–water partition coefficient (Wildman–Crippen LogP) is 0.797. The number of nitrogens with one attached hydrogen (secondary N) is 2. The lowest BCUT2D eigenvalue weighted by atomic mass is 10.1. The average molecular weight is 258 g/mol. The second-order valence-corrected chi connectivity index (χ2v) is 4.08. The summed E-state index contributed by atoms with van der Waals surface area (Å²) in [5, 5.41) is 11.6. The van der Waals surface area contributed by atoms with Crippen LogP contribution in [0.1, 0.15) is 21.5 Å². The first kappa shape index (κ1) is 13.0. The van der Waals surface area contributed by atoms with E-state index in [0.29, 0.717) is 6.54 Å². The maximum atomic E-state index is 11.8. The number of pyridine rings is 1. The molecule has 0 spiro atoms. The van der Waals surface area contributed by atoms with Crippen molar-refractivity contribution in [3.63, 3.8) is 0 Å². The summed E-state index contributed by atoms with van der Waals surface area (Å²) in [4.78, 5) is 25.9. The summed E-state index contributed by atoms with van der Waals surface area (Å²) < 4.78 is 0. The van der Waals surface area contributed by atoms with Crippen LogP contribution in [-0.2, 0) is 13.2 Å². The van der Waals surface area contributed by atoms with Gasteiger partial charge < -0.3 is 15.4 Å². The summed E-state index contributed by atoms with van der Waals surface area (Å²) in [5.41, 5.74) is 1.49. The van der Waals surface area contributed by atoms with Gasteiger partial charge in [0.1, 0.15) is 5.56 Å². The monoisotopic (exact) mass is 258 g/mol. The van der Waals surface area contributed by atoms with Crippen LogP contribution in [0.25, 0.3) is 0 Å². The van der Waals surface area contributed by atoms with Gasteiger partial charge in [-0.3, -0.25) is 9.59 Å². The molecule has 0 aliphatic heterocycles. The van der Waals surface area contributed by atoms with Gasteiger partial charge in [-0.25, -0.2) is 0 Å². The van der Waals surface area contributed by atoms with Crippen LogP contribution in [0.3, 0.4) is 0 Å². The largest absolute Gasteiger partial charge is 0.392 e. The fourth-order valence-electron chi connectivity index (χ4n) is 1.63. The number of hydrogen-bond donors (Lipinski definition) is 3. The fourth-order valence-corrected chi connectivity index (χ4v) is 1.63. The van der Waals surface area contributed by atoms with Crippen LogP contribution in [0.2, 0.25) is 0 Å². The van der Waals surface area contributed by atoms with Crippen LogP contribution < -0.4 is 10.7 Å². The van der Waals surface area contributed by atoms with Crippen LogP contribution in [0.4, 0.5) is 0 Å². The zero-order valence-corrected chi connectivity index (χ0v) is 10.2. The number of rotatable bonds is 4. The number of amides is 1. The minimum Gasteiger partial charge on any atom is -0.392 e. The van der Waals surface area contributed by atoms with E-state index in [9.17, 15) is 9.59 Å². The molecule has 0 aliphatic rings. The molecule has 98 valence electrons. The molecule has 0 saturated heterocycles. The lowest BCUT2D eigenvalue weighted by Crippen LogP contribution is -2.27. The van der Waals surface area contributed by atoms with Gasteiger partial charge >= 0.3 is 0 Å². The Hall–Kier alpha value is -2.40. The van der Waals surface area contributed by atoms with E-state index in [4.69, 9.17) is 5.11 Å². The number of carbonyl (C=O) groups is 1. The van der Waals surface area contributed by atoms with Crippen molar-refractivity contribution in [3.05, 3.63) is 69.6 Å². The van der Waals surface area contributed by atoms with Crippen LogP contribution in [0.5, 0.6) is 0 Å². The molecule has 1 aromatic carbocycles. The van der Waals surface area contributed by atoms with Crippen molar-refractivity contribution in [1.29, 1.82) is 0 Å². The molecule has 3 N–H and O–H groups in total. The molecule has 1 aromatic heterocycles. The minimum absolute atomic E-state index is 0.00791. The molecule has 0 fully saturated rings. The van der Waals surface area contributed by atoms with E-state index >= 15 is 0 Å². The third kappa shape index (κ3) is 3.29. The number of hydrogen-bond acceptors (Lipinski definition) is 3. The summed E-state index contributed by atoms with van der Waals surface area (Å²) >= 11 is 0. The fraction of sp³-hybridized carbons (Fsp3) is 0.143. The maximum Gasteiger partial charge on any atom is 0.257 e. The van der Waals surface area contributed by atoms with E-state index in [1.807, 2.05) is 12.1 Å². The van der Waals surface area contributed by atoms with E-state index in [0.717, 1.165) is 11.1 Å². The van der Waals surface area contributed by atoms with Crippen molar-refractivity contribution in [2.24, 2.45) is 0 Å². The molecule has 19 heavy (non-hydrogen) atoms. The van der Waals surface area contributed by atoms with Crippen LogP contribution in [0, 0.1) is 0 Å². The zero-order valence-electron chi connectivity index (χ0n) is 10.2. The molecule has 2 rings (SSSR count). The van der Waals surface area contributed by atoms with Gasteiger partial charge in [-0.1, -0.05) is 24.3 Å². The second-order valence-electron chi connectivity index (χ2n) is 4.08. The highest BCUT2D eigenvalue weighted by atomic mass is 16.3. The third-order valence-electron chi connectivity index (χ3n) is 2.73. The van der Waals surface area contributed by atoms with E-state index in [1.54, 1.807) is 12.1 Å². The summed E-state index contributed by atoms with van der Waals surface area (Å²) in [6.07, 6.45) is 2.86. The van der Waals surface area contributed by atoms with Gasteiger partial charge in [0.05, 0.1) is 6.61 Å². The van der Waals surface area contributed by atoms with Crippen molar-refractivity contribution in [3.8, 4) is 0 Å². The molecule has 1 heterocycles. The van der Waals surface area contributed by atoms with Gasteiger partial charge in [-0.05, 0) is 11.1 Å². The molecule has 0 saturated carbocycles. The van der Waals surface area contributed by atoms with Crippen molar-refractivity contribution >= 4 is 5.91 Å². The SMILES string of the molecule is O=C(NCc1ccc(CO)cc1)c1c[nH]ccc1=O. The number of aliphatic hydroxyl groups excluding tert-OH is 1. The minimum atomic E-state index is -0.409. The van der Waals surface area contributed by atoms with Gasteiger partial charge in [0.15, 0.2) is 5.43 Å². The molecule has 0 bridgehead atoms. The summed E-state index contributed by atoms with van der Waals surface area (Å²) in [7, 11) is 0. The van der Waals surface area contributed by atoms with Gasteiger partial charge in [0, 0.05) is 25.0 Å². The van der Waals surface area contributed by atoms with Gasteiger partial charge in [0.25, 0.3) is 5.91 Å². The van der Waals surface area contributed by atoms with Gasteiger partial charge in [-0.2, -0.15) is 0 Å². The number of aromatic nitrogens is 1. The molecule has 0 radical (unpaired) electrons. The van der Waals surface area contributed by atoms with Crippen molar-refractivity contribution in [2.45, 2.75) is 13.2 Å². The number of benzene rings is 1. The first-order valence-electron chi connectivity index (χ1n) is 5.84. The highest BCUT2D eigenvalue weighted by Crippen LogP contribution is 2.04. The first-order chi connectivity index (χ1) is 9.20. The van der Waals surface area contributed by atoms with E-state index in [2.05, 4.69) is 10.3 Å². The number of H-pyrrole nitrogens is 1. The molecular formula is C14H14N2O3. The van der Waals surface area contributed by atoms with Gasteiger partial charge in [0.2, 0.25) is 0 Å². The highest BCUT2D eigenvalue weighted by molar-refractivity contribution is 5.93. The van der Waals surface area contributed by atoms with Crippen LogP contribution >= 0.6 is 0 Å². The topological polar surface area (TPSA) is 82.2 Å². The quantitative estimate of drug-likeness (QED) is 0.758. The molecule has 0 atom stereocenters. The molecule has 5 nitrogen and oxygen atoms in total. The third-order valence-corrected chi connectivity index (χ3v) is 2.73. The highest BCUT2D eigenvalue weighted by Gasteiger charge is 2.08. The van der Waals surface area contributed by atoms with Crippen molar-refractivity contribution in [1.82, 2.24) is 10.3 Å². The Morgan fingerprint density at radius 1 is 1.16 bits per heavy atom. The van der Waals surface area contributed by atoms with E-state index < -0.39 is 5.91 Å². The average Bonchev–Trinajstić information content (AvgIpc) is 2.46. The number of aliphatic hydroxyl groups is 1. The first-order valence-corrected chi connectivity index (χ1v) is 5.84. The Balaban J connectivity index is 2.00. The Kier molecular flexibility index (Phi) is 4.10. The molecular weight excluding hydrogens is 244 g/mol. The molecule has 1 amide bonds. The molecule has 2 aromatic rings. The summed E-state index contributed by atoms with van der Waals surface area (Å²) in [6.45, 7) is 0.324. The molecule has 0 unspecified atom stereocenters. The second kappa shape index (κ2) is 5.97. The van der Waals surface area contributed by atoms with Crippen molar-refractivity contribution in [2.75, 3.05) is 0 Å². The Morgan fingerprint density at radius 2 is 1.84 bits per heavy atom. The van der Waals surface area contributed by atoms with E-state index in [-0.39, 0.29) is 17.6 Å².